The molecule has 6 nitrogen and oxygen atoms in total. The molecule has 1 aliphatic rings. The smallest absolute Gasteiger partial charge is 0.462 e. The molecule has 0 amide bonds. The molecule has 0 radical (unpaired) electrons. The van der Waals surface area contributed by atoms with Gasteiger partial charge in [-0.15, -0.1) is 23.1 Å². The Labute approximate surface area is 231 Å². The Morgan fingerprint density at radius 1 is 1.00 bits per heavy atom. The molecule has 8 heteroatoms. The number of hydrogen-bond acceptors (Lipinski definition) is 8. The molecule has 202 valence electrons. The van der Waals surface area contributed by atoms with E-state index in [1.54, 1.807) is 18.3 Å². The quantitative estimate of drug-likeness (QED) is 0.0721. The van der Waals surface area contributed by atoms with Crippen molar-refractivity contribution in [1.82, 2.24) is 0 Å². The highest BCUT2D eigenvalue weighted by molar-refractivity contribution is 7.99. The number of esters is 1. The summed E-state index contributed by atoms with van der Waals surface area (Å²) in [6.45, 7) is 6.56. The predicted octanol–water partition coefficient (Wildman–Crippen LogP) is 7.29. The van der Waals surface area contributed by atoms with E-state index in [9.17, 15) is 14.4 Å². The molecule has 2 aromatic carbocycles. The molecule has 0 spiro atoms. The zero-order valence-corrected chi connectivity index (χ0v) is 23.4. The van der Waals surface area contributed by atoms with Crippen molar-refractivity contribution in [2.45, 2.75) is 56.8 Å². The van der Waals surface area contributed by atoms with Crippen LogP contribution in [0, 0.1) is 5.92 Å². The minimum Gasteiger partial charge on any atom is -0.462 e. The molecule has 2 heterocycles. The molecule has 38 heavy (non-hydrogen) atoms. The first-order valence-corrected chi connectivity index (χ1v) is 15.0. The largest absolute Gasteiger partial charge is 0.508 e. The van der Waals surface area contributed by atoms with Gasteiger partial charge in [-0.05, 0) is 87.1 Å². The van der Waals surface area contributed by atoms with E-state index in [0.29, 0.717) is 31.3 Å². The molecule has 0 N–H and O–H groups in total. The number of carbonyl (C=O) groups excluding carboxylic acids is 2. The van der Waals surface area contributed by atoms with Crippen molar-refractivity contribution < 1.29 is 23.8 Å². The number of benzene rings is 2. The maximum absolute atomic E-state index is 13.3. The highest BCUT2D eigenvalue weighted by atomic mass is 32.2. The zero-order chi connectivity index (χ0) is 26.9. The van der Waals surface area contributed by atoms with Crippen molar-refractivity contribution in [3.63, 3.8) is 0 Å². The van der Waals surface area contributed by atoms with E-state index in [1.807, 2.05) is 30.0 Å². The van der Waals surface area contributed by atoms with Crippen LogP contribution in [0.15, 0.2) is 58.2 Å². The SMILES string of the molecule is C=C(C)C(=O)OCCCCCc1ccc2sc3cc(SCCCCC4COC(=O)OC4)ccc3c(=O)c2c1. The highest BCUT2D eigenvalue weighted by Crippen LogP contribution is 2.30. The van der Waals surface area contributed by atoms with Crippen LogP contribution in [0.1, 0.15) is 51.0 Å². The van der Waals surface area contributed by atoms with Gasteiger partial charge in [0.2, 0.25) is 0 Å². The Morgan fingerprint density at radius 2 is 1.82 bits per heavy atom. The molecular weight excluding hydrogens is 520 g/mol. The topological polar surface area (TPSA) is 78.9 Å². The second-order valence-electron chi connectivity index (χ2n) is 9.73. The van der Waals surface area contributed by atoms with Crippen LogP contribution >= 0.6 is 23.1 Å². The van der Waals surface area contributed by atoms with Gasteiger partial charge in [-0.25, -0.2) is 9.59 Å². The number of unbranched alkanes of at least 4 members (excludes halogenated alkanes) is 3. The molecule has 0 bridgehead atoms. The molecule has 1 aliphatic heterocycles. The Bertz CT molecular complexity index is 1350. The lowest BCUT2D eigenvalue weighted by Crippen LogP contribution is -2.27. The number of carbonyl (C=O) groups is 2. The summed E-state index contributed by atoms with van der Waals surface area (Å²) in [4.78, 5) is 36.8. The molecule has 3 aromatic rings. The third-order valence-corrected chi connectivity index (χ3v) is 8.76. The van der Waals surface area contributed by atoms with E-state index in [1.165, 1.54) is 4.90 Å². The van der Waals surface area contributed by atoms with Crippen molar-refractivity contribution in [2.75, 3.05) is 25.6 Å². The summed E-state index contributed by atoms with van der Waals surface area (Å²) in [5, 5.41) is 1.56. The molecule has 0 aliphatic carbocycles. The van der Waals surface area contributed by atoms with E-state index in [4.69, 9.17) is 14.2 Å². The van der Waals surface area contributed by atoms with E-state index in [2.05, 4.69) is 24.8 Å². The summed E-state index contributed by atoms with van der Waals surface area (Å²) in [6, 6.07) is 12.4. The number of thioether (sulfide) groups is 1. The molecule has 1 saturated heterocycles. The highest BCUT2D eigenvalue weighted by Gasteiger charge is 2.20. The lowest BCUT2D eigenvalue weighted by Gasteiger charge is -2.21. The second kappa shape index (κ2) is 13.8. The van der Waals surface area contributed by atoms with Crippen LogP contribution in [-0.2, 0) is 25.4 Å². The lowest BCUT2D eigenvalue weighted by molar-refractivity contribution is -0.139. The van der Waals surface area contributed by atoms with Gasteiger partial charge in [-0.3, -0.25) is 4.79 Å². The molecule has 1 aromatic heterocycles. The number of fused-ring (bicyclic) bond motifs is 2. The number of rotatable bonds is 13. The summed E-state index contributed by atoms with van der Waals surface area (Å²) in [6.07, 6.45) is 6.21. The zero-order valence-electron chi connectivity index (χ0n) is 21.8. The van der Waals surface area contributed by atoms with Crippen LogP contribution in [0.4, 0.5) is 4.79 Å². The first kappa shape index (κ1) is 28.2. The van der Waals surface area contributed by atoms with Gasteiger partial charge in [0, 0.05) is 36.6 Å². The molecule has 0 unspecified atom stereocenters. The van der Waals surface area contributed by atoms with Gasteiger partial charge >= 0.3 is 12.1 Å². The van der Waals surface area contributed by atoms with Gasteiger partial charge in [0.25, 0.3) is 0 Å². The van der Waals surface area contributed by atoms with Gasteiger partial charge in [0.05, 0.1) is 6.61 Å². The number of ether oxygens (including phenoxy) is 3. The Kier molecular flexibility index (Phi) is 10.2. The fourth-order valence-electron chi connectivity index (χ4n) is 4.38. The predicted molar refractivity (Wildman–Crippen MR) is 154 cm³/mol. The van der Waals surface area contributed by atoms with E-state index < -0.39 is 6.16 Å². The average Bonchev–Trinajstić information content (AvgIpc) is 2.91. The van der Waals surface area contributed by atoms with Crippen LogP contribution in [-0.4, -0.2) is 37.7 Å². The van der Waals surface area contributed by atoms with E-state index in [0.717, 1.165) is 76.4 Å². The first-order chi connectivity index (χ1) is 18.4. The number of aryl methyl sites for hydroxylation is 1. The summed E-state index contributed by atoms with van der Waals surface area (Å²) in [5.41, 5.74) is 1.67. The van der Waals surface area contributed by atoms with Crippen molar-refractivity contribution in [3.8, 4) is 0 Å². The molecule has 1 fully saturated rings. The maximum atomic E-state index is 13.3. The van der Waals surface area contributed by atoms with Crippen molar-refractivity contribution >= 4 is 55.4 Å². The van der Waals surface area contributed by atoms with Gasteiger partial charge in [0.15, 0.2) is 5.43 Å². The van der Waals surface area contributed by atoms with Crippen LogP contribution in [0.3, 0.4) is 0 Å². The fourth-order valence-corrected chi connectivity index (χ4v) is 6.49. The van der Waals surface area contributed by atoms with Crippen molar-refractivity contribution in [3.05, 3.63) is 64.3 Å². The van der Waals surface area contributed by atoms with Gasteiger partial charge in [-0.1, -0.05) is 19.1 Å². The number of cyclic esters (lactones) is 2. The standard InChI is InChI=1S/C30H34O6S2/c1-20(2)29(32)34-14-6-3-4-8-21-10-13-26-25(16-21)28(31)24-12-11-23(17-27(24)38-26)37-15-7-5-9-22-18-35-30(33)36-19-22/h10-13,16-17,22H,1,3-9,14-15,18-19H2,2H3. The number of hydrogen-bond donors (Lipinski definition) is 0. The van der Waals surface area contributed by atoms with Gasteiger partial charge in [0.1, 0.15) is 13.2 Å². The van der Waals surface area contributed by atoms with Crippen LogP contribution in [0.25, 0.3) is 20.2 Å². The minimum absolute atomic E-state index is 0.0919. The van der Waals surface area contributed by atoms with E-state index in [-0.39, 0.29) is 11.4 Å². The fraction of sp³-hybridized carbons (Fsp3) is 0.433. The Hall–Kier alpha value is -2.84. The molecular formula is C30H34O6S2. The average molecular weight is 555 g/mol. The van der Waals surface area contributed by atoms with Crippen molar-refractivity contribution in [1.29, 1.82) is 0 Å². The molecule has 4 rings (SSSR count). The van der Waals surface area contributed by atoms with Gasteiger partial charge in [-0.2, -0.15) is 0 Å². The molecule has 0 saturated carbocycles. The van der Waals surface area contributed by atoms with Crippen LogP contribution in [0.2, 0.25) is 0 Å². The summed E-state index contributed by atoms with van der Waals surface area (Å²) in [7, 11) is 0. The minimum atomic E-state index is -0.559. The lowest BCUT2D eigenvalue weighted by atomic mass is 10.0. The van der Waals surface area contributed by atoms with Crippen LogP contribution in [0.5, 0.6) is 0 Å². The van der Waals surface area contributed by atoms with Gasteiger partial charge < -0.3 is 14.2 Å². The monoisotopic (exact) mass is 554 g/mol. The second-order valence-corrected chi connectivity index (χ2v) is 12.0. The normalized spacial score (nSPS) is 13.9. The Morgan fingerprint density at radius 3 is 2.61 bits per heavy atom. The Balaban J connectivity index is 1.28. The summed E-state index contributed by atoms with van der Waals surface area (Å²) >= 11 is 3.48. The van der Waals surface area contributed by atoms with Crippen LogP contribution < -0.4 is 5.43 Å². The van der Waals surface area contributed by atoms with E-state index >= 15 is 0 Å². The summed E-state index contributed by atoms with van der Waals surface area (Å²) in [5.74, 6) is 0.961. The third kappa shape index (κ3) is 7.84. The molecule has 0 atom stereocenters. The third-order valence-electron chi connectivity index (χ3n) is 6.55. The summed E-state index contributed by atoms with van der Waals surface area (Å²) < 4.78 is 17.0. The van der Waals surface area contributed by atoms with Crippen molar-refractivity contribution in [2.24, 2.45) is 5.92 Å². The first-order valence-electron chi connectivity index (χ1n) is 13.1. The maximum Gasteiger partial charge on any atom is 0.508 e.